The SMILES string of the molecule is C[C@]1(N)CCN(Cc2cccc3c2CN(C2CCC(=O)NC2=O)C3=O)C1. The number of hydrogen-bond acceptors (Lipinski definition) is 5. The number of piperidine rings is 1. The van der Waals surface area contributed by atoms with E-state index in [0.717, 1.165) is 37.2 Å². The average molecular weight is 356 g/mol. The van der Waals surface area contributed by atoms with Gasteiger partial charge in [-0.05, 0) is 37.0 Å². The van der Waals surface area contributed by atoms with E-state index in [1.165, 1.54) is 0 Å². The summed E-state index contributed by atoms with van der Waals surface area (Å²) in [6, 6.07) is 5.20. The highest BCUT2D eigenvalue weighted by atomic mass is 16.2. The van der Waals surface area contributed by atoms with Crippen molar-refractivity contribution in [2.24, 2.45) is 5.73 Å². The number of likely N-dealkylation sites (tertiary alicyclic amines) is 1. The molecule has 3 N–H and O–H groups in total. The molecule has 0 saturated carbocycles. The van der Waals surface area contributed by atoms with Crippen LogP contribution in [0.2, 0.25) is 0 Å². The van der Waals surface area contributed by atoms with Crippen LogP contribution in [0.4, 0.5) is 0 Å². The van der Waals surface area contributed by atoms with Gasteiger partial charge in [-0.3, -0.25) is 24.6 Å². The number of nitrogens with two attached hydrogens (primary N) is 1. The van der Waals surface area contributed by atoms with Crippen LogP contribution in [0.5, 0.6) is 0 Å². The van der Waals surface area contributed by atoms with Gasteiger partial charge in [0.15, 0.2) is 0 Å². The molecule has 2 atom stereocenters. The third-order valence-corrected chi connectivity index (χ3v) is 5.66. The van der Waals surface area contributed by atoms with Gasteiger partial charge in [-0.2, -0.15) is 0 Å². The van der Waals surface area contributed by atoms with Crippen LogP contribution in [-0.2, 0) is 22.7 Å². The molecule has 1 aromatic rings. The predicted molar refractivity (Wildman–Crippen MR) is 95.0 cm³/mol. The third-order valence-electron chi connectivity index (χ3n) is 5.66. The Morgan fingerprint density at radius 3 is 2.81 bits per heavy atom. The van der Waals surface area contributed by atoms with E-state index in [9.17, 15) is 14.4 Å². The summed E-state index contributed by atoms with van der Waals surface area (Å²) in [6.07, 6.45) is 1.62. The van der Waals surface area contributed by atoms with Crippen LogP contribution in [0.25, 0.3) is 0 Å². The van der Waals surface area contributed by atoms with Crippen molar-refractivity contribution in [3.05, 3.63) is 34.9 Å². The number of nitrogens with zero attached hydrogens (tertiary/aromatic N) is 2. The van der Waals surface area contributed by atoms with Crippen LogP contribution >= 0.6 is 0 Å². The van der Waals surface area contributed by atoms with Crippen molar-refractivity contribution in [2.75, 3.05) is 13.1 Å². The summed E-state index contributed by atoms with van der Waals surface area (Å²) in [5.74, 6) is -0.765. The number of fused-ring (bicyclic) bond motifs is 1. The fourth-order valence-electron chi connectivity index (χ4n) is 4.26. The van der Waals surface area contributed by atoms with Gasteiger partial charge >= 0.3 is 0 Å². The largest absolute Gasteiger partial charge is 0.324 e. The first-order chi connectivity index (χ1) is 12.3. The molecule has 138 valence electrons. The summed E-state index contributed by atoms with van der Waals surface area (Å²) >= 11 is 0. The smallest absolute Gasteiger partial charge is 0.255 e. The molecule has 2 saturated heterocycles. The molecule has 3 amide bonds. The highest BCUT2D eigenvalue weighted by Gasteiger charge is 2.40. The first-order valence-corrected chi connectivity index (χ1v) is 9.11. The number of amides is 3. The number of benzene rings is 1. The van der Waals surface area contributed by atoms with Crippen LogP contribution in [0.1, 0.15) is 47.7 Å². The highest BCUT2D eigenvalue weighted by Crippen LogP contribution is 2.31. The van der Waals surface area contributed by atoms with E-state index in [0.29, 0.717) is 18.5 Å². The summed E-state index contributed by atoms with van der Waals surface area (Å²) in [6.45, 7) is 5.02. The molecule has 3 heterocycles. The molecule has 0 bridgehead atoms. The fourth-order valence-corrected chi connectivity index (χ4v) is 4.26. The number of imide groups is 1. The van der Waals surface area contributed by atoms with E-state index in [-0.39, 0.29) is 29.7 Å². The zero-order valence-electron chi connectivity index (χ0n) is 15.0. The minimum Gasteiger partial charge on any atom is -0.324 e. The molecule has 26 heavy (non-hydrogen) atoms. The standard InChI is InChI=1S/C19H24N4O3/c1-19(20)7-8-22(11-19)9-12-3-2-4-13-14(12)10-23(18(13)26)15-5-6-16(24)21-17(15)25/h2-4,15H,5-11,20H2,1H3,(H,21,24,25)/t15?,19-/m0/s1. The van der Waals surface area contributed by atoms with E-state index >= 15 is 0 Å². The maximum Gasteiger partial charge on any atom is 0.255 e. The van der Waals surface area contributed by atoms with E-state index in [1.807, 2.05) is 18.2 Å². The lowest BCUT2D eigenvalue weighted by Crippen LogP contribution is -2.52. The Balaban J connectivity index is 1.55. The second kappa shape index (κ2) is 6.17. The van der Waals surface area contributed by atoms with Gasteiger partial charge in [-0.15, -0.1) is 0 Å². The molecule has 1 unspecified atom stereocenters. The molecule has 3 aliphatic heterocycles. The van der Waals surface area contributed by atoms with Gasteiger partial charge in [-0.25, -0.2) is 0 Å². The van der Waals surface area contributed by atoms with E-state index in [2.05, 4.69) is 17.1 Å². The molecule has 0 aromatic heterocycles. The monoisotopic (exact) mass is 356 g/mol. The zero-order chi connectivity index (χ0) is 18.5. The van der Waals surface area contributed by atoms with Crippen molar-refractivity contribution >= 4 is 17.7 Å². The molecular weight excluding hydrogens is 332 g/mol. The Hall–Kier alpha value is -2.25. The van der Waals surface area contributed by atoms with Crippen molar-refractivity contribution in [3.8, 4) is 0 Å². The van der Waals surface area contributed by atoms with Crippen LogP contribution in [-0.4, -0.2) is 52.2 Å². The summed E-state index contributed by atoms with van der Waals surface area (Å²) in [5, 5.41) is 2.34. The zero-order valence-corrected chi connectivity index (χ0v) is 15.0. The Kier molecular flexibility index (Phi) is 4.08. The quantitative estimate of drug-likeness (QED) is 0.763. The second-order valence-corrected chi connectivity index (χ2v) is 7.96. The van der Waals surface area contributed by atoms with E-state index in [1.54, 1.807) is 4.90 Å². The van der Waals surface area contributed by atoms with Crippen molar-refractivity contribution in [1.82, 2.24) is 15.1 Å². The molecule has 0 radical (unpaired) electrons. The minimum atomic E-state index is -0.570. The molecule has 1 aromatic carbocycles. The molecule has 3 aliphatic rings. The topological polar surface area (TPSA) is 95.7 Å². The van der Waals surface area contributed by atoms with Gasteiger partial charge in [0.25, 0.3) is 5.91 Å². The Morgan fingerprint density at radius 1 is 1.31 bits per heavy atom. The Bertz CT molecular complexity index is 789. The van der Waals surface area contributed by atoms with Gasteiger partial charge in [0.05, 0.1) is 0 Å². The number of nitrogens with one attached hydrogen (secondary N) is 1. The predicted octanol–water partition coefficient (Wildman–Crippen LogP) is 0.371. The van der Waals surface area contributed by atoms with Gasteiger partial charge in [0.1, 0.15) is 6.04 Å². The fraction of sp³-hybridized carbons (Fsp3) is 0.526. The molecule has 0 aliphatic carbocycles. The Morgan fingerprint density at radius 2 is 2.12 bits per heavy atom. The van der Waals surface area contributed by atoms with E-state index < -0.39 is 6.04 Å². The van der Waals surface area contributed by atoms with Gasteiger partial charge < -0.3 is 10.6 Å². The third kappa shape index (κ3) is 3.01. The van der Waals surface area contributed by atoms with E-state index in [4.69, 9.17) is 5.73 Å². The number of rotatable bonds is 3. The van der Waals surface area contributed by atoms with Gasteiger partial charge in [-0.1, -0.05) is 12.1 Å². The lowest BCUT2D eigenvalue weighted by atomic mass is 10.0. The summed E-state index contributed by atoms with van der Waals surface area (Å²) in [7, 11) is 0. The van der Waals surface area contributed by atoms with Crippen molar-refractivity contribution in [1.29, 1.82) is 0 Å². The normalized spacial score (nSPS) is 29.2. The first kappa shape index (κ1) is 17.2. The minimum absolute atomic E-state index is 0.124. The number of carbonyl (C=O) groups is 3. The van der Waals surface area contributed by atoms with Crippen LogP contribution < -0.4 is 11.1 Å². The molecular formula is C19H24N4O3. The highest BCUT2D eigenvalue weighted by molar-refractivity contribution is 6.05. The Labute approximate surface area is 152 Å². The van der Waals surface area contributed by atoms with Gasteiger partial charge in [0.2, 0.25) is 11.8 Å². The lowest BCUT2D eigenvalue weighted by Gasteiger charge is -2.29. The summed E-state index contributed by atoms with van der Waals surface area (Å²) < 4.78 is 0. The van der Waals surface area contributed by atoms with Crippen molar-refractivity contribution in [2.45, 2.75) is 50.9 Å². The molecule has 4 rings (SSSR count). The van der Waals surface area contributed by atoms with Gasteiger partial charge in [0, 0.05) is 43.7 Å². The molecule has 2 fully saturated rings. The maximum atomic E-state index is 12.8. The van der Waals surface area contributed by atoms with Crippen molar-refractivity contribution < 1.29 is 14.4 Å². The summed E-state index contributed by atoms with van der Waals surface area (Å²) in [5.41, 5.74) is 8.84. The summed E-state index contributed by atoms with van der Waals surface area (Å²) in [4.78, 5) is 40.3. The second-order valence-electron chi connectivity index (χ2n) is 7.96. The number of carbonyl (C=O) groups excluding carboxylic acids is 3. The van der Waals surface area contributed by atoms with Crippen LogP contribution in [0.15, 0.2) is 18.2 Å². The van der Waals surface area contributed by atoms with Crippen molar-refractivity contribution in [3.63, 3.8) is 0 Å². The molecule has 7 heteroatoms. The average Bonchev–Trinajstić information content (AvgIpc) is 3.08. The number of hydrogen-bond donors (Lipinski definition) is 2. The molecule has 0 spiro atoms. The maximum absolute atomic E-state index is 12.8. The lowest BCUT2D eigenvalue weighted by molar-refractivity contribution is -0.136. The van der Waals surface area contributed by atoms with Crippen LogP contribution in [0, 0.1) is 0 Å². The molecule has 7 nitrogen and oxygen atoms in total. The first-order valence-electron chi connectivity index (χ1n) is 9.11. The van der Waals surface area contributed by atoms with Crippen LogP contribution in [0.3, 0.4) is 0 Å².